The van der Waals surface area contributed by atoms with Gasteiger partial charge in [0.2, 0.25) is 0 Å². The average molecular weight is 258 g/mol. The van der Waals surface area contributed by atoms with Gasteiger partial charge in [-0.1, -0.05) is 23.4 Å². The summed E-state index contributed by atoms with van der Waals surface area (Å²) in [4.78, 5) is 0. The summed E-state index contributed by atoms with van der Waals surface area (Å²) in [5.41, 5.74) is 2.01. The van der Waals surface area contributed by atoms with E-state index in [9.17, 15) is 0 Å². The normalized spacial score (nSPS) is 11.0. The molecule has 2 rings (SSSR count). The topological polar surface area (TPSA) is 48.5 Å². The summed E-state index contributed by atoms with van der Waals surface area (Å²) in [5, 5.41) is 13.6. The second-order valence-electron chi connectivity index (χ2n) is 3.49. The molecule has 0 aromatic carbocycles. The molecule has 0 bridgehead atoms. The highest BCUT2D eigenvalue weighted by Crippen LogP contribution is 2.26. The molecule has 0 aliphatic heterocycles. The van der Waals surface area contributed by atoms with Gasteiger partial charge in [0.25, 0.3) is 0 Å². The van der Waals surface area contributed by atoms with E-state index in [4.69, 9.17) is 11.6 Å². The van der Waals surface area contributed by atoms with Gasteiger partial charge in [0.1, 0.15) is 11.5 Å². The summed E-state index contributed by atoms with van der Waals surface area (Å²) < 4.78 is 3.56. The molecule has 0 aliphatic carbocycles. The van der Waals surface area contributed by atoms with Gasteiger partial charge >= 0.3 is 0 Å². The van der Waals surface area contributed by atoms with E-state index in [0.717, 1.165) is 22.2 Å². The highest BCUT2D eigenvalue weighted by atomic mass is 35.5. The van der Waals surface area contributed by atoms with Crippen molar-refractivity contribution < 1.29 is 0 Å². The van der Waals surface area contributed by atoms with E-state index in [-0.39, 0.29) is 0 Å². The maximum atomic E-state index is 6.14. The van der Waals surface area contributed by atoms with Gasteiger partial charge in [-0.2, -0.15) is 5.10 Å². The van der Waals surface area contributed by atoms with Crippen molar-refractivity contribution in [2.24, 2.45) is 14.1 Å². The number of nitrogens with zero attached hydrogens (tertiary/aromatic N) is 5. The molecule has 0 aliphatic rings. The van der Waals surface area contributed by atoms with E-state index in [1.807, 2.05) is 25.6 Å². The summed E-state index contributed by atoms with van der Waals surface area (Å²) in [6, 6.07) is 0. The Morgan fingerprint density at radius 3 is 2.69 bits per heavy atom. The van der Waals surface area contributed by atoms with E-state index in [1.165, 1.54) is 0 Å². The van der Waals surface area contributed by atoms with Crippen molar-refractivity contribution in [1.82, 2.24) is 24.5 Å². The van der Waals surface area contributed by atoms with Gasteiger partial charge in [-0.3, -0.25) is 4.68 Å². The molecule has 0 N–H and O–H groups in total. The molecule has 0 spiro atoms. The Morgan fingerprint density at radius 2 is 2.19 bits per heavy atom. The van der Waals surface area contributed by atoms with Crippen LogP contribution in [0.5, 0.6) is 0 Å². The first kappa shape index (κ1) is 11.5. The van der Waals surface area contributed by atoms with Crippen LogP contribution in [0.2, 0.25) is 5.15 Å². The number of hydrogen-bond donors (Lipinski definition) is 0. The lowest BCUT2D eigenvalue weighted by atomic mass is 10.3. The number of aryl methyl sites for hydroxylation is 3. The molecule has 2 heterocycles. The predicted molar refractivity (Wildman–Crippen MR) is 63.5 cm³/mol. The summed E-state index contributed by atoms with van der Waals surface area (Å²) >= 11 is 7.74. The number of hydrogen-bond acceptors (Lipinski definition) is 4. The Balaban J connectivity index is 2.13. The number of thioether (sulfide) groups is 1. The van der Waals surface area contributed by atoms with Crippen molar-refractivity contribution in [1.29, 1.82) is 0 Å². The molecule has 0 radical (unpaired) electrons. The van der Waals surface area contributed by atoms with E-state index < -0.39 is 0 Å². The van der Waals surface area contributed by atoms with Crippen LogP contribution in [0.15, 0.2) is 11.5 Å². The fraction of sp³-hybridized carbons (Fsp3) is 0.444. The minimum Gasteiger partial charge on any atom is -0.312 e. The Kier molecular flexibility index (Phi) is 3.20. The number of rotatable bonds is 3. The van der Waals surface area contributed by atoms with Gasteiger partial charge in [0.15, 0.2) is 5.16 Å². The van der Waals surface area contributed by atoms with Gasteiger partial charge in [-0.05, 0) is 6.92 Å². The summed E-state index contributed by atoms with van der Waals surface area (Å²) in [7, 11) is 3.76. The van der Waals surface area contributed by atoms with E-state index in [1.54, 1.807) is 22.8 Å². The molecule has 0 atom stereocenters. The number of aromatic nitrogens is 5. The molecule has 0 amide bonds. The minimum absolute atomic E-state index is 0.687. The first-order valence-electron chi connectivity index (χ1n) is 4.74. The van der Waals surface area contributed by atoms with Crippen LogP contribution in [0.25, 0.3) is 0 Å². The van der Waals surface area contributed by atoms with Crippen LogP contribution in [-0.2, 0) is 19.8 Å². The molecular formula is C9H12ClN5S. The van der Waals surface area contributed by atoms with Crippen molar-refractivity contribution in [3.05, 3.63) is 22.7 Å². The van der Waals surface area contributed by atoms with Crippen LogP contribution in [0.4, 0.5) is 0 Å². The highest BCUT2D eigenvalue weighted by Gasteiger charge is 2.12. The molecule has 0 saturated carbocycles. The Bertz CT molecular complexity index is 504. The van der Waals surface area contributed by atoms with Crippen molar-refractivity contribution in [2.45, 2.75) is 17.8 Å². The second-order valence-corrected chi connectivity index (χ2v) is 4.79. The average Bonchev–Trinajstić information content (AvgIpc) is 2.72. The van der Waals surface area contributed by atoms with Crippen LogP contribution in [-0.4, -0.2) is 24.5 Å². The molecule has 16 heavy (non-hydrogen) atoms. The standard InChI is InChI=1S/C9H12ClN5S/c1-6-7(8(10)15(3)13-6)4-16-9-12-11-5-14(9)2/h5H,4H2,1-3H3. The zero-order chi connectivity index (χ0) is 11.7. The van der Waals surface area contributed by atoms with Crippen LogP contribution in [0.1, 0.15) is 11.3 Å². The van der Waals surface area contributed by atoms with Crippen LogP contribution in [0, 0.1) is 6.92 Å². The van der Waals surface area contributed by atoms with Crippen LogP contribution < -0.4 is 0 Å². The quantitative estimate of drug-likeness (QED) is 0.787. The largest absolute Gasteiger partial charge is 0.312 e. The van der Waals surface area contributed by atoms with Crippen molar-refractivity contribution in [2.75, 3.05) is 0 Å². The molecule has 0 saturated heterocycles. The van der Waals surface area contributed by atoms with Gasteiger partial charge in [0, 0.05) is 25.4 Å². The van der Waals surface area contributed by atoms with Gasteiger partial charge in [-0.25, -0.2) is 0 Å². The molecule has 2 aromatic heterocycles. The first-order valence-corrected chi connectivity index (χ1v) is 6.10. The zero-order valence-electron chi connectivity index (χ0n) is 9.31. The maximum absolute atomic E-state index is 6.14. The minimum atomic E-state index is 0.687. The predicted octanol–water partition coefficient (Wildman–Crippen LogP) is 1.80. The molecule has 0 fully saturated rings. The first-order chi connectivity index (χ1) is 7.59. The molecule has 0 unspecified atom stereocenters. The fourth-order valence-corrected chi connectivity index (χ4v) is 2.67. The lowest BCUT2D eigenvalue weighted by Gasteiger charge is -2.00. The Hall–Kier alpha value is -1.01. The van der Waals surface area contributed by atoms with E-state index >= 15 is 0 Å². The Labute approximate surface area is 103 Å². The zero-order valence-corrected chi connectivity index (χ0v) is 10.9. The van der Waals surface area contributed by atoms with Gasteiger partial charge in [0.05, 0.1) is 5.69 Å². The van der Waals surface area contributed by atoms with E-state index in [2.05, 4.69) is 15.3 Å². The third-order valence-corrected chi connectivity index (χ3v) is 3.82. The van der Waals surface area contributed by atoms with Crippen LogP contribution in [0.3, 0.4) is 0 Å². The van der Waals surface area contributed by atoms with Gasteiger partial charge < -0.3 is 4.57 Å². The third kappa shape index (κ3) is 2.08. The second kappa shape index (κ2) is 4.47. The number of halogens is 1. The summed E-state index contributed by atoms with van der Waals surface area (Å²) in [5.74, 6) is 0.755. The van der Waals surface area contributed by atoms with Crippen molar-refractivity contribution in [3.8, 4) is 0 Å². The molecular weight excluding hydrogens is 246 g/mol. The third-order valence-electron chi connectivity index (χ3n) is 2.29. The van der Waals surface area contributed by atoms with Crippen molar-refractivity contribution in [3.63, 3.8) is 0 Å². The molecule has 2 aromatic rings. The van der Waals surface area contributed by atoms with Gasteiger partial charge in [-0.15, -0.1) is 10.2 Å². The molecule has 86 valence electrons. The highest BCUT2D eigenvalue weighted by molar-refractivity contribution is 7.98. The summed E-state index contributed by atoms with van der Waals surface area (Å²) in [6.07, 6.45) is 1.68. The summed E-state index contributed by atoms with van der Waals surface area (Å²) in [6.45, 7) is 1.96. The SMILES string of the molecule is Cc1nn(C)c(Cl)c1CSc1nncn1C. The fourth-order valence-electron chi connectivity index (χ4n) is 1.38. The molecule has 7 heteroatoms. The lowest BCUT2D eigenvalue weighted by Crippen LogP contribution is -1.91. The van der Waals surface area contributed by atoms with Crippen molar-refractivity contribution >= 4 is 23.4 Å². The van der Waals surface area contributed by atoms with E-state index in [0.29, 0.717) is 5.15 Å². The maximum Gasteiger partial charge on any atom is 0.191 e. The smallest absolute Gasteiger partial charge is 0.191 e. The molecule has 5 nitrogen and oxygen atoms in total. The van der Waals surface area contributed by atoms with Crippen LogP contribution >= 0.6 is 23.4 Å². The Morgan fingerprint density at radius 1 is 1.44 bits per heavy atom. The lowest BCUT2D eigenvalue weighted by molar-refractivity contribution is 0.757. The monoisotopic (exact) mass is 257 g/mol.